The summed E-state index contributed by atoms with van der Waals surface area (Å²) in [6.45, 7) is 2.97. The first-order valence-corrected chi connectivity index (χ1v) is 6.15. The fraction of sp³-hybridized carbons (Fsp3) is 0.357. The van der Waals surface area contributed by atoms with E-state index in [4.69, 9.17) is 0 Å². The lowest BCUT2D eigenvalue weighted by atomic mass is 10.0. The lowest BCUT2D eigenvalue weighted by Crippen LogP contribution is -2.22. The number of hydrogen-bond acceptors (Lipinski definition) is 2. The van der Waals surface area contributed by atoms with Crippen LogP contribution in [0.1, 0.15) is 24.1 Å². The second-order valence-electron chi connectivity index (χ2n) is 4.39. The van der Waals surface area contributed by atoms with Crippen LogP contribution in [-0.4, -0.2) is 16.3 Å². The van der Waals surface area contributed by atoms with Gasteiger partial charge in [0.2, 0.25) is 0 Å². The smallest absolute Gasteiger partial charge is 0.123 e. The molecule has 96 valence electrons. The molecule has 0 saturated carbocycles. The van der Waals surface area contributed by atoms with Gasteiger partial charge in [0.05, 0.1) is 6.20 Å². The Bertz CT molecular complexity index is 490. The molecule has 0 radical (unpaired) electrons. The van der Waals surface area contributed by atoms with Gasteiger partial charge in [-0.3, -0.25) is 4.68 Å². The molecule has 2 rings (SSSR count). The summed E-state index contributed by atoms with van der Waals surface area (Å²) in [5.41, 5.74) is 2.27. The van der Waals surface area contributed by atoms with Crippen molar-refractivity contribution in [1.29, 1.82) is 0 Å². The Balaban J connectivity index is 2.13. The summed E-state index contributed by atoms with van der Waals surface area (Å²) in [7, 11) is 1.91. The molecule has 4 heteroatoms. The number of aryl methyl sites for hydroxylation is 1. The van der Waals surface area contributed by atoms with Crippen LogP contribution in [0, 0.1) is 5.82 Å². The highest BCUT2D eigenvalue weighted by Gasteiger charge is 2.12. The third-order valence-corrected chi connectivity index (χ3v) is 2.93. The predicted octanol–water partition coefficient (Wildman–Crippen LogP) is 2.45. The second-order valence-corrected chi connectivity index (χ2v) is 4.39. The average molecular weight is 247 g/mol. The molecule has 0 spiro atoms. The number of halogens is 1. The first-order chi connectivity index (χ1) is 8.69. The molecule has 0 aliphatic heterocycles. The highest BCUT2D eigenvalue weighted by atomic mass is 19.1. The Morgan fingerprint density at radius 3 is 2.61 bits per heavy atom. The van der Waals surface area contributed by atoms with Crippen LogP contribution in [0.15, 0.2) is 36.7 Å². The summed E-state index contributed by atoms with van der Waals surface area (Å²) in [6.07, 6.45) is 4.72. The van der Waals surface area contributed by atoms with Gasteiger partial charge in [0.1, 0.15) is 5.82 Å². The zero-order chi connectivity index (χ0) is 13.0. The molecule has 1 atom stereocenters. The standard InChI is InChI=1S/C14H18FN3/c1-3-16-14(12-9-17-18(2)10-12)8-11-4-6-13(15)7-5-11/h4-7,9-10,14,16H,3,8H2,1-2H3. The molecule has 18 heavy (non-hydrogen) atoms. The maximum atomic E-state index is 12.9. The van der Waals surface area contributed by atoms with Crippen LogP contribution in [0.25, 0.3) is 0 Å². The predicted molar refractivity (Wildman–Crippen MR) is 69.7 cm³/mol. The van der Waals surface area contributed by atoms with Crippen molar-refractivity contribution in [3.8, 4) is 0 Å². The molecular formula is C14H18FN3. The molecule has 0 fully saturated rings. The Morgan fingerprint density at radius 2 is 2.06 bits per heavy atom. The quantitative estimate of drug-likeness (QED) is 0.879. The Hall–Kier alpha value is -1.68. The van der Waals surface area contributed by atoms with E-state index < -0.39 is 0 Å². The largest absolute Gasteiger partial charge is 0.310 e. The molecule has 0 aliphatic rings. The molecule has 3 nitrogen and oxygen atoms in total. The van der Waals surface area contributed by atoms with Gasteiger partial charge in [-0.1, -0.05) is 19.1 Å². The van der Waals surface area contributed by atoms with E-state index in [1.165, 1.54) is 12.1 Å². The maximum absolute atomic E-state index is 12.9. The SMILES string of the molecule is CCNC(Cc1ccc(F)cc1)c1cnn(C)c1. The van der Waals surface area contributed by atoms with Gasteiger partial charge in [-0.25, -0.2) is 4.39 Å². The zero-order valence-corrected chi connectivity index (χ0v) is 10.7. The first kappa shape index (κ1) is 12.8. The normalized spacial score (nSPS) is 12.6. The molecule has 1 heterocycles. The monoisotopic (exact) mass is 247 g/mol. The van der Waals surface area contributed by atoms with Crippen molar-refractivity contribution < 1.29 is 4.39 Å². The van der Waals surface area contributed by atoms with Crippen molar-refractivity contribution in [2.75, 3.05) is 6.54 Å². The number of nitrogens with one attached hydrogen (secondary N) is 1. The summed E-state index contributed by atoms with van der Waals surface area (Å²) < 4.78 is 14.7. The molecular weight excluding hydrogens is 229 g/mol. The number of benzene rings is 1. The van der Waals surface area contributed by atoms with E-state index in [0.717, 1.165) is 24.1 Å². The summed E-state index contributed by atoms with van der Waals surface area (Å²) in [5.74, 6) is -0.194. The van der Waals surface area contributed by atoms with E-state index in [1.54, 1.807) is 4.68 Å². The van der Waals surface area contributed by atoms with E-state index in [1.807, 2.05) is 31.6 Å². The zero-order valence-electron chi connectivity index (χ0n) is 10.7. The van der Waals surface area contributed by atoms with Crippen LogP contribution in [-0.2, 0) is 13.5 Å². The molecule has 2 aromatic rings. The van der Waals surface area contributed by atoms with Crippen molar-refractivity contribution >= 4 is 0 Å². The van der Waals surface area contributed by atoms with Crippen molar-refractivity contribution in [1.82, 2.24) is 15.1 Å². The third-order valence-electron chi connectivity index (χ3n) is 2.93. The van der Waals surface area contributed by atoms with E-state index in [9.17, 15) is 4.39 Å². The van der Waals surface area contributed by atoms with Gasteiger partial charge in [0.25, 0.3) is 0 Å². The van der Waals surface area contributed by atoms with Crippen molar-refractivity contribution in [2.45, 2.75) is 19.4 Å². The van der Waals surface area contributed by atoms with Crippen LogP contribution < -0.4 is 5.32 Å². The Labute approximate surface area is 107 Å². The molecule has 0 saturated heterocycles. The minimum atomic E-state index is -0.194. The molecule has 0 bridgehead atoms. The lowest BCUT2D eigenvalue weighted by molar-refractivity contribution is 0.548. The fourth-order valence-electron chi connectivity index (χ4n) is 2.03. The van der Waals surface area contributed by atoms with Gasteiger partial charge in [0.15, 0.2) is 0 Å². The first-order valence-electron chi connectivity index (χ1n) is 6.15. The van der Waals surface area contributed by atoms with Crippen LogP contribution in [0.5, 0.6) is 0 Å². The number of nitrogens with zero attached hydrogens (tertiary/aromatic N) is 2. The van der Waals surface area contributed by atoms with Crippen LogP contribution in [0.4, 0.5) is 4.39 Å². The number of rotatable bonds is 5. The van der Waals surface area contributed by atoms with Gasteiger partial charge in [-0.05, 0) is 30.7 Å². The minimum Gasteiger partial charge on any atom is -0.310 e. The second kappa shape index (κ2) is 5.78. The van der Waals surface area contributed by atoms with Crippen molar-refractivity contribution in [2.24, 2.45) is 7.05 Å². The number of aromatic nitrogens is 2. The summed E-state index contributed by atoms with van der Waals surface area (Å²) in [6, 6.07) is 6.88. The van der Waals surface area contributed by atoms with Crippen molar-refractivity contribution in [3.05, 3.63) is 53.6 Å². The van der Waals surface area contributed by atoms with E-state index in [-0.39, 0.29) is 11.9 Å². The molecule has 1 unspecified atom stereocenters. The summed E-state index contributed by atoms with van der Waals surface area (Å²) in [4.78, 5) is 0. The Kier molecular flexibility index (Phi) is 4.10. The molecule has 0 amide bonds. The van der Waals surface area contributed by atoms with Crippen LogP contribution in [0.2, 0.25) is 0 Å². The summed E-state index contributed by atoms with van der Waals surface area (Å²) >= 11 is 0. The molecule has 1 aromatic heterocycles. The van der Waals surface area contributed by atoms with E-state index in [2.05, 4.69) is 17.3 Å². The van der Waals surface area contributed by atoms with Crippen LogP contribution in [0.3, 0.4) is 0 Å². The van der Waals surface area contributed by atoms with Crippen molar-refractivity contribution in [3.63, 3.8) is 0 Å². The van der Waals surface area contributed by atoms with Gasteiger partial charge in [-0.2, -0.15) is 5.10 Å². The van der Waals surface area contributed by atoms with E-state index >= 15 is 0 Å². The fourth-order valence-corrected chi connectivity index (χ4v) is 2.03. The van der Waals surface area contributed by atoms with Gasteiger partial charge in [0, 0.05) is 24.8 Å². The third kappa shape index (κ3) is 3.17. The molecule has 0 aliphatic carbocycles. The van der Waals surface area contributed by atoms with Crippen LogP contribution >= 0.6 is 0 Å². The van der Waals surface area contributed by atoms with Gasteiger partial charge < -0.3 is 5.32 Å². The maximum Gasteiger partial charge on any atom is 0.123 e. The van der Waals surface area contributed by atoms with E-state index in [0.29, 0.717) is 0 Å². The highest BCUT2D eigenvalue weighted by Crippen LogP contribution is 2.18. The summed E-state index contributed by atoms with van der Waals surface area (Å²) in [5, 5.41) is 7.62. The van der Waals surface area contributed by atoms with Gasteiger partial charge in [-0.15, -0.1) is 0 Å². The number of hydrogen-bond donors (Lipinski definition) is 1. The molecule has 1 N–H and O–H groups in total. The Morgan fingerprint density at radius 1 is 1.33 bits per heavy atom. The van der Waals surface area contributed by atoms with Gasteiger partial charge >= 0.3 is 0 Å². The topological polar surface area (TPSA) is 29.9 Å². The minimum absolute atomic E-state index is 0.194. The molecule has 1 aromatic carbocycles. The lowest BCUT2D eigenvalue weighted by Gasteiger charge is -2.16. The average Bonchev–Trinajstić information content (AvgIpc) is 2.78. The number of likely N-dealkylation sites (N-methyl/N-ethyl adjacent to an activating group) is 1. The highest BCUT2D eigenvalue weighted by molar-refractivity contribution is 5.21.